The highest BCUT2D eigenvalue weighted by Crippen LogP contribution is 2.26. The van der Waals surface area contributed by atoms with Gasteiger partial charge in [0.15, 0.2) is 6.17 Å². The smallest absolute Gasteiger partial charge is 0.323 e. The number of aliphatic carboxylic acids is 1. The highest BCUT2D eigenvalue weighted by atomic mass is 16.6. The van der Waals surface area contributed by atoms with Crippen LogP contribution in [0.25, 0.3) is 0 Å². The molecule has 0 spiro atoms. The van der Waals surface area contributed by atoms with Crippen molar-refractivity contribution in [3.63, 3.8) is 0 Å². The number of non-ortho nitro benzene ring substituents is 2. The van der Waals surface area contributed by atoms with E-state index in [1.165, 1.54) is 43.5 Å². The van der Waals surface area contributed by atoms with Gasteiger partial charge >= 0.3 is 12.0 Å². The summed E-state index contributed by atoms with van der Waals surface area (Å²) >= 11 is 0. The van der Waals surface area contributed by atoms with Crippen LogP contribution in [0.1, 0.15) is 28.4 Å². The van der Waals surface area contributed by atoms with Gasteiger partial charge < -0.3 is 25.4 Å². The largest absolute Gasteiger partial charge is 0.497 e. The van der Waals surface area contributed by atoms with Crippen LogP contribution in [0.3, 0.4) is 0 Å². The number of carboxylic acid groups (broad SMARTS) is 1. The first-order valence-electron chi connectivity index (χ1n) is 13.0. The monoisotopic (exact) mass is 606 g/mol. The van der Waals surface area contributed by atoms with Gasteiger partial charge in [-0.15, -0.1) is 0 Å². The van der Waals surface area contributed by atoms with E-state index in [1.54, 1.807) is 24.3 Å². The van der Waals surface area contributed by atoms with Crippen molar-refractivity contribution >= 4 is 40.9 Å². The molecule has 4 rings (SSSR count). The molecular weight excluding hydrogens is 580 g/mol. The number of urea groups is 1. The third-order valence-electron chi connectivity index (χ3n) is 6.75. The second kappa shape index (κ2) is 13.3. The molecule has 0 aromatic heterocycles. The number of methoxy groups -OCH3 is 1. The number of carbonyl (C=O) groups is 4. The van der Waals surface area contributed by atoms with E-state index in [-0.39, 0.29) is 35.6 Å². The molecular formula is C28H26N6O10. The lowest BCUT2D eigenvalue weighted by Crippen LogP contribution is -2.55. The summed E-state index contributed by atoms with van der Waals surface area (Å²) in [6.07, 6.45) is -2.29. The Balaban J connectivity index is 1.68. The number of anilines is 1. The number of nitro groups is 2. The Morgan fingerprint density at radius 1 is 0.932 bits per heavy atom. The topological polar surface area (TPSA) is 215 Å². The number of nitrogens with one attached hydrogen (secondary N) is 2. The number of carboxylic acids is 1. The number of carbonyl (C=O) groups excluding carboxylic acids is 3. The van der Waals surface area contributed by atoms with E-state index < -0.39 is 52.3 Å². The molecule has 2 atom stereocenters. The molecule has 0 radical (unpaired) electrons. The van der Waals surface area contributed by atoms with Gasteiger partial charge in [-0.3, -0.25) is 39.5 Å². The van der Waals surface area contributed by atoms with Crippen molar-refractivity contribution in [2.75, 3.05) is 25.5 Å². The third kappa shape index (κ3) is 7.04. The Morgan fingerprint density at radius 3 is 2.16 bits per heavy atom. The fraction of sp³-hybridized carbons (Fsp3) is 0.214. The molecule has 0 saturated carbocycles. The van der Waals surface area contributed by atoms with E-state index in [0.29, 0.717) is 11.4 Å². The molecule has 2 unspecified atom stereocenters. The molecule has 44 heavy (non-hydrogen) atoms. The van der Waals surface area contributed by atoms with E-state index >= 15 is 0 Å². The van der Waals surface area contributed by atoms with Crippen LogP contribution in [0.5, 0.6) is 5.75 Å². The minimum Gasteiger partial charge on any atom is -0.497 e. The molecule has 4 amide bonds. The van der Waals surface area contributed by atoms with Gasteiger partial charge in [-0.1, -0.05) is 18.2 Å². The van der Waals surface area contributed by atoms with E-state index in [4.69, 9.17) is 4.74 Å². The number of amides is 4. The van der Waals surface area contributed by atoms with Crippen molar-refractivity contribution in [2.45, 2.75) is 18.6 Å². The van der Waals surface area contributed by atoms with Crippen molar-refractivity contribution in [2.24, 2.45) is 0 Å². The zero-order chi connectivity index (χ0) is 32.0. The molecule has 1 aliphatic rings. The fourth-order valence-corrected chi connectivity index (χ4v) is 4.65. The summed E-state index contributed by atoms with van der Waals surface area (Å²) in [6.45, 7) is -0.267. The maximum absolute atomic E-state index is 13.8. The van der Waals surface area contributed by atoms with E-state index in [9.17, 15) is 44.5 Å². The summed E-state index contributed by atoms with van der Waals surface area (Å²) < 4.78 is 5.11. The predicted octanol–water partition coefficient (Wildman–Crippen LogP) is 3.16. The second-order valence-corrected chi connectivity index (χ2v) is 9.54. The van der Waals surface area contributed by atoms with Gasteiger partial charge in [-0.25, -0.2) is 4.79 Å². The Labute approximate surface area is 249 Å². The van der Waals surface area contributed by atoms with Crippen molar-refractivity contribution < 1.29 is 38.9 Å². The molecule has 16 nitrogen and oxygen atoms in total. The summed E-state index contributed by atoms with van der Waals surface area (Å²) in [5.41, 5.74) is -0.360. The molecule has 0 bridgehead atoms. The minimum atomic E-state index is -1.62. The van der Waals surface area contributed by atoms with Gasteiger partial charge in [0.25, 0.3) is 23.2 Å². The van der Waals surface area contributed by atoms with E-state index in [0.717, 1.165) is 21.9 Å². The van der Waals surface area contributed by atoms with Gasteiger partial charge in [0.05, 0.1) is 29.4 Å². The lowest BCUT2D eigenvalue weighted by molar-refractivity contribution is -0.385. The minimum absolute atomic E-state index is 0.110. The second-order valence-electron chi connectivity index (χ2n) is 9.54. The zero-order valence-electron chi connectivity index (χ0n) is 23.1. The standard InChI is InChI=1S/C28H26N6O10/c1-44-22-10-8-19(9-11-22)29-28(39)32-13-12-31(27(38)18-5-3-7-21(15-18)34(42)43)26(32)25(37)30-23(16-24(35)36)17-4-2-6-20(14-17)33(40)41/h2-11,14-15,23,26H,12-13,16H2,1H3,(H,29,39)(H,30,37)(H,35,36). The van der Waals surface area contributed by atoms with Crippen LogP contribution in [-0.4, -0.2) is 74.9 Å². The summed E-state index contributed by atoms with van der Waals surface area (Å²) in [7, 11) is 1.47. The van der Waals surface area contributed by atoms with Crippen LogP contribution < -0.4 is 15.4 Å². The average Bonchev–Trinajstić information content (AvgIpc) is 3.46. The molecule has 1 fully saturated rings. The summed E-state index contributed by atoms with van der Waals surface area (Å²) in [6, 6.07) is 14.1. The van der Waals surface area contributed by atoms with Crippen LogP contribution in [-0.2, 0) is 9.59 Å². The summed E-state index contributed by atoms with van der Waals surface area (Å²) in [5, 5.41) is 37.3. The van der Waals surface area contributed by atoms with Crippen molar-refractivity contribution in [3.05, 3.63) is 104 Å². The average molecular weight is 607 g/mol. The Kier molecular flexibility index (Phi) is 9.32. The van der Waals surface area contributed by atoms with Crippen molar-refractivity contribution in [3.8, 4) is 5.75 Å². The van der Waals surface area contributed by atoms with Crippen LogP contribution >= 0.6 is 0 Å². The first-order chi connectivity index (χ1) is 21.0. The quantitative estimate of drug-likeness (QED) is 0.226. The number of nitro benzene ring substituents is 2. The first kappa shape index (κ1) is 30.9. The summed E-state index contributed by atoms with van der Waals surface area (Å²) in [4.78, 5) is 75.8. The highest BCUT2D eigenvalue weighted by Gasteiger charge is 2.44. The molecule has 3 aromatic rings. The molecule has 3 aromatic carbocycles. The molecule has 228 valence electrons. The maximum atomic E-state index is 13.8. The van der Waals surface area contributed by atoms with Gasteiger partial charge in [0.1, 0.15) is 5.75 Å². The molecule has 16 heteroatoms. The first-order valence-corrected chi connectivity index (χ1v) is 13.0. The number of hydrogen-bond acceptors (Lipinski definition) is 9. The molecule has 0 aliphatic carbocycles. The number of rotatable bonds is 10. The van der Waals surface area contributed by atoms with Gasteiger partial charge in [-0.2, -0.15) is 0 Å². The Hall–Kier alpha value is -6.06. The normalized spacial score (nSPS) is 14.8. The van der Waals surface area contributed by atoms with Gasteiger partial charge in [0.2, 0.25) is 0 Å². The van der Waals surface area contributed by atoms with Crippen LogP contribution in [0.2, 0.25) is 0 Å². The van der Waals surface area contributed by atoms with Crippen LogP contribution in [0, 0.1) is 20.2 Å². The van der Waals surface area contributed by atoms with Crippen LogP contribution in [0.4, 0.5) is 21.9 Å². The number of nitrogens with zero attached hydrogens (tertiary/aromatic N) is 4. The van der Waals surface area contributed by atoms with E-state index in [2.05, 4.69) is 10.6 Å². The predicted molar refractivity (Wildman–Crippen MR) is 153 cm³/mol. The lowest BCUT2D eigenvalue weighted by atomic mass is 10.0. The Morgan fingerprint density at radius 2 is 1.55 bits per heavy atom. The molecule has 1 saturated heterocycles. The molecule has 1 heterocycles. The maximum Gasteiger partial charge on any atom is 0.323 e. The van der Waals surface area contributed by atoms with Crippen molar-refractivity contribution in [1.29, 1.82) is 0 Å². The summed E-state index contributed by atoms with van der Waals surface area (Å²) in [5.74, 6) is -2.55. The van der Waals surface area contributed by atoms with Gasteiger partial charge in [0, 0.05) is 48.6 Å². The number of benzene rings is 3. The molecule has 1 aliphatic heterocycles. The van der Waals surface area contributed by atoms with Crippen LogP contribution in [0.15, 0.2) is 72.8 Å². The molecule has 3 N–H and O–H groups in total. The SMILES string of the molecule is COc1ccc(NC(=O)N2CCN(C(=O)c3cccc([N+](=O)[O-])c3)C2C(=O)NC(CC(=O)O)c2cccc([N+](=O)[O-])c2)cc1. The van der Waals surface area contributed by atoms with E-state index in [1.807, 2.05) is 0 Å². The van der Waals surface area contributed by atoms with Crippen molar-refractivity contribution in [1.82, 2.24) is 15.1 Å². The number of hydrogen-bond donors (Lipinski definition) is 3. The van der Waals surface area contributed by atoms with Gasteiger partial charge in [-0.05, 0) is 35.9 Å². The Bertz CT molecular complexity index is 1610. The lowest BCUT2D eigenvalue weighted by Gasteiger charge is -2.31. The highest BCUT2D eigenvalue weighted by molar-refractivity contribution is 6.01. The zero-order valence-corrected chi connectivity index (χ0v) is 23.1. The third-order valence-corrected chi connectivity index (χ3v) is 6.75. The number of ether oxygens (including phenoxy) is 1. The fourth-order valence-electron chi connectivity index (χ4n) is 4.65.